The topological polar surface area (TPSA) is 48.1 Å². The second kappa shape index (κ2) is 4.53. The summed E-state index contributed by atoms with van der Waals surface area (Å²) in [6.07, 6.45) is 3.77. The van der Waals surface area contributed by atoms with Crippen molar-refractivity contribution < 1.29 is 4.79 Å². The molecule has 94 valence electrons. The molecule has 17 heavy (non-hydrogen) atoms. The number of aromatic amines is 1. The first kappa shape index (κ1) is 12.2. The van der Waals surface area contributed by atoms with Crippen LogP contribution in [0, 0.1) is 5.41 Å². The number of likely N-dealkylation sites (N-methyl/N-ethyl adjacent to an activating group) is 1. The molecule has 1 fully saturated rings. The molecule has 1 aromatic heterocycles. The third-order valence-electron chi connectivity index (χ3n) is 3.55. The minimum absolute atomic E-state index is 0.0872. The Kier molecular flexibility index (Phi) is 3.24. The highest BCUT2D eigenvalue weighted by Gasteiger charge is 2.35. The van der Waals surface area contributed by atoms with Crippen molar-refractivity contribution in [3.8, 4) is 0 Å². The molecule has 1 aromatic rings. The summed E-state index contributed by atoms with van der Waals surface area (Å²) in [6, 6.07) is 3.78. The molecule has 1 saturated heterocycles. The van der Waals surface area contributed by atoms with Crippen LogP contribution in [0.3, 0.4) is 0 Å². The van der Waals surface area contributed by atoms with Crippen molar-refractivity contribution in [3.05, 3.63) is 18.3 Å². The van der Waals surface area contributed by atoms with Gasteiger partial charge in [0, 0.05) is 12.7 Å². The van der Waals surface area contributed by atoms with Crippen LogP contribution >= 0.6 is 0 Å². The SMILES string of the molecule is CNC1CC(C)(C)CCN(c2ccc[nH]2)C1=O. The highest BCUT2D eigenvalue weighted by molar-refractivity contribution is 5.96. The molecule has 0 aliphatic carbocycles. The van der Waals surface area contributed by atoms with Gasteiger partial charge in [0.2, 0.25) is 5.91 Å². The van der Waals surface area contributed by atoms with Gasteiger partial charge in [-0.15, -0.1) is 0 Å². The molecule has 0 radical (unpaired) electrons. The summed E-state index contributed by atoms with van der Waals surface area (Å²) < 4.78 is 0. The molecule has 4 nitrogen and oxygen atoms in total. The van der Waals surface area contributed by atoms with Gasteiger partial charge in [-0.05, 0) is 37.4 Å². The van der Waals surface area contributed by atoms with Gasteiger partial charge in [0.15, 0.2) is 0 Å². The lowest BCUT2D eigenvalue weighted by molar-refractivity contribution is -0.120. The zero-order chi connectivity index (χ0) is 12.5. The van der Waals surface area contributed by atoms with E-state index < -0.39 is 0 Å². The first-order chi connectivity index (χ1) is 8.03. The fraction of sp³-hybridized carbons (Fsp3) is 0.615. The van der Waals surface area contributed by atoms with Gasteiger partial charge in [0.25, 0.3) is 0 Å². The number of hydrogen-bond acceptors (Lipinski definition) is 2. The minimum atomic E-state index is -0.0872. The molecular weight excluding hydrogens is 214 g/mol. The summed E-state index contributed by atoms with van der Waals surface area (Å²) in [5, 5.41) is 3.14. The van der Waals surface area contributed by atoms with Crippen LogP contribution < -0.4 is 10.2 Å². The number of carbonyl (C=O) groups is 1. The van der Waals surface area contributed by atoms with E-state index in [-0.39, 0.29) is 17.4 Å². The van der Waals surface area contributed by atoms with Crippen molar-refractivity contribution in [1.29, 1.82) is 0 Å². The lowest BCUT2D eigenvalue weighted by atomic mass is 9.83. The first-order valence-corrected chi connectivity index (χ1v) is 6.15. The normalized spacial score (nSPS) is 24.8. The van der Waals surface area contributed by atoms with Crippen LogP contribution in [0.15, 0.2) is 18.3 Å². The lowest BCUT2D eigenvalue weighted by Crippen LogP contribution is -2.44. The lowest BCUT2D eigenvalue weighted by Gasteiger charge is -2.24. The summed E-state index contributed by atoms with van der Waals surface area (Å²) in [7, 11) is 1.86. The van der Waals surface area contributed by atoms with Gasteiger partial charge in [-0.1, -0.05) is 13.8 Å². The highest BCUT2D eigenvalue weighted by Crippen LogP contribution is 2.31. The molecule has 2 N–H and O–H groups in total. The molecule has 2 rings (SSSR count). The van der Waals surface area contributed by atoms with Crippen molar-refractivity contribution in [3.63, 3.8) is 0 Å². The fourth-order valence-corrected chi connectivity index (χ4v) is 2.41. The Labute approximate surface area is 102 Å². The van der Waals surface area contributed by atoms with Crippen LogP contribution in [0.2, 0.25) is 0 Å². The zero-order valence-corrected chi connectivity index (χ0v) is 10.8. The Morgan fingerprint density at radius 1 is 1.53 bits per heavy atom. The molecule has 0 bridgehead atoms. The van der Waals surface area contributed by atoms with E-state index in [1.54, 1.807) is 0 Å². The van der Waals surface area contributed by atoms with Gasteiger partial charge in [-0.2, -0.15) is 0 Å². The molecule has 1 atom stereocenters. The van der Waals surface area contributed by atoms with Crippen molar-refractivity contribution in [2.75, 3.05) is 18.5 Å². The molecule has 1 aliphatic rings. The van der Waals surface area contributed by atoms with Crippen molar-refractivity contribution in [2.24, 2.45) is 5.41 Å². The molecule has 1 aliphatic heterocycles. The summed E-state index contributed by atoms with van der Waals surface area (Å²) in [5.41, 5.74) is 0.199. The molecule has 4 heteroatoms. The number of hydrogen-bond donors (Lipinski definition) is 2. The Balaban J connectivity index is 2.26. The van der Waals surface area contributed by atoms with Crippen molar-refractivity contribution >= 4 is 11.7 Å². The number of aromatic nitrogens is 1. The number of anilines is 1. The maximum atomic E-state index is 12.4. The summed E-state index contributed by atoms with van der Waals surface area (Å²) >= 11 is 0. The largest absolute Gasteiger partial charge is 0.348 e. The molecule has 1 unspecified atom stereocenters. The monoisotopic (exact) mass is 235 g/mol. The van der Waals surface area contributed by atoms with Gasteiger partial charge in [-0.25, -0.2) is 0 Å². The number of H-pyrrole nitrogens is 1. The van der Waals surface area contributed by atoms with E-state index >= 15 is 0 Å². The maximum Gasteiger partial charge on any atom is 0.245 e. The van der Waals surface area contributed by atoms with E-state index in [9.17, 15) is 4.79 Å². The highest BCUT2D eigenvalue weighted by atomic mass is 16.2. The van der Waals surface area contributed by atoms with Crippen LogP contribution in [0.1, 0.15) is 26.7 Å². The Bertz CT molecular complexity index is 383. The Morgan fingerprint density at radius 3 is 2.88 bits per heavy atom. The fourth-order valence-electron chi connectivity index (χ4n) is 2.41. The van der Waals surface area contributed by atoms with E-state index in [4.69, 9.17) is 0 Å². The summed E-state index contributed by atoms with van der Waals surface area (Å²) in [6.45, 7) is 5.23. The van der Waals surface area contributed by atoms with E-state index in [0.717, 1.165) is 25.2 Å². The van der Waals surface area contributed by atoms with Gasteiger partial charge >= 0.3 is 0 Å². The van der Waals surface area contributed by atoms with E-state index in [1.165, 1.54) is 0 Å². The number of amides is 1. The van der Waals surface area contributed by atoms with Crippen molar-refractivity contribution in [1.82, 2.24) is 10.3 Å². The smallest absolute Gasteiger partial charge is 0.245 e. The molecular formula is C13H21N3O. The first-order valence-electron chi connectivity index (χ1n) is 6.15. The van der Waals surface area contributed by atoms with Crippen LogP contribution in [0.4, 0.5) is 5.82 Å². The molecule has 0 saturated carbocycles. The van der Waals surface area contributed by atoms with Crippen molar-refractivity contribution in [2.45, 2.75) is 32.7 Å². The van der Waals surface area contributed by atoms with Gasteiger partial charge in [0.1, 0.15) is 5.82 Å². The zero-order valence-electron chi connectivity index (χ0n) is 10.8. The second-order valence-electron chi connectivity index (χ2n) is 5.50. The Hall–Kier alpha value is -1.29. The molecule has 0 spiro atoms. The van der Waals surface area contributed by atoms with E-state index in [0.29, 0.717) is 0 Å². The summed E-state index contributed by atoms with van der Waals surface area (Å²) in [5.74, 6) is 1.06. The van der Waals surface area contributed by atoms with Gasteiger partial charge < -0.3 is 10.3 Å². The van der Waals surface area contributed by atoms with E-state index in [2.05, 4.69) is 24.1 Å². The third kappa shape index (κ3) is 2.52. The molecule has 1 amide bonds. The van der Waals surface area contributed by atoms with Crippen LogP contribution in [-0.4, -0.2) is 30.5 Å². The van der Waals surface area contributed by atoms with Crippen LogP contribution in [-0.2, 0) is 4.79 Å². The van der Waals surface area contributed by atoms with Crippen LogP contribution in [0.25, 0.3) is 0 Å². The molecule has 2 heterocycles. The van der Waals surface area contributed by atoms with E-state index in [1.807, 2.05) is 30.3 Å². The van der Waals surface area contributed by atoms with Crippen LogP contribution in [0.5, 0.6) is 0 Å². The van der Waals surface area contributed by atoms with Gasteiger partial charge in [-0.3, -0.25) is 9.69 Å². The number of nitrogens with one attached hydrogen (secondary N) is 2. The summed E-state index contributed by atoms with van der Waals surface area (Å²) in [4.78, 5) is 17.4. The number of nitrogens with zero attached hydrogens (tertiary/aromatic N) is 1. The average molecular weight is 235 g/mol. The maximum absolute atomic E-state index is 12.4. The molecule has 0 aromatic carbocycles. The standard InChI is InChI=1S/C13H21N3O/c1-13(2)6-8-16(11-5-4-7-15-11)12(17)10(9-13)14-3/h4-5,7,10,14-15H,6,8-9H2,1-3H3. The van der Waals surface area contributed by atoms with Gasteiger partial charge in [0.05, 0.1) is 6.04 Å². The number of rotatable bonds is 2. The third-order valence-corrected chi connectivity index (χ3v) is 3.55. The quantitative estimate of drug-likeness (QED) is 0.820. The second-order valence-corrected chi connectivity index (χ2v) is 5.50. The Morgan fingerprint density at radius 2 is 2.29 bits per heavy atom. The number of carbonyl (C=O) groups excluding carboxylic acids is 1. The average Bonchev–Trinajstić information content (AvgIpc) is 2.75. The predicted molar refractivity (Wildman–Crippen MR) is 69.0 cm³/mol. The predicted octanol–water partition coefficient (Wildman–Crippen LogP) is 1.76. The minimum Gasteiger partial charge on any atom is -0.348 e.